The molecule has 68 heavy (non-hydrogen) atoms. The van der Waals surface area contributed by atoms with Gasteiger partial charge in [-0.25, -0.2) is 14.6 Å². The fourth-order valence-electron chi connectivity index (χ4n) is 7.35. The van der Waals surface area contributed by atoms with Gasteiger partial charge in [0.15, 0.2) is 11.5 Å². The summed E-state index contributed by atoms with van der Waals surface area (Å²) >= 11 is 0. The zero-order valence-corrected chi connectivity index (χ0v) is 39.7. The van der Waals surface area contributed by atoms with E-state index in [-0.39, 0.29) is 39.3 Å². The van der Waals surface area contributed by atoms with Gasteiger partial charge >= 0.3 is 12.2 Å². The second-order valence-electron chi connectivity index (χ2n) is 17.2. The zero-order chi connectivity index (χ0) is 48.9. The van der Waals surface area contributed by atoms with Crippen LogP contribution in [0.1, 0.15) is 49.4 Å². The Hall–Kier alpha value is -7.17. The Morgan fingerprint density at radius 1 is 0.721 bits per heavy atom. The molecule has 16 heteroatoms. The molecule has 3 atom stereocenters. The standard InChI is InChI=1S/C52H64N6O10/c1-52(2,3)48(56-51(63)68-29-28-67-41-19-13-18-36(30-41)16-12-17-38-23-26-45(64-4)46(32-38)65-5)49(61)55-43(31-37-14-8-7-9-15-37)44(59)35-58(57-47(60)33-54-50(62)66-6)34-39-21-24-40(25-22-39)42-20-10-11-27-53-42/h7-11,13-15,18-27,30,32,43-44,48,59H,12,16-17,28-29,31,33-35H2,1-6H3,(H,54,62)(H,55,61)(H,56,63)(H,57,60). The molecule has 0 fully saturated rings. The summed E-state index contributed by atoms with van der Waals surface area (Å²) in [5.41, 5.74) is 7.57. The van der Waals surface area contributed by atoms with Crippen molar-refractivity contribution in [3.63, 3.8) is 0 Å². The van der Waals surface area contributed by atoms with Crippen LogP contribution in [0.4, 0.5) is 9.59 Å². The van der Waals surface area contributed by atoms with Gasteiger partial charge in [-0.2, -0.15) is 0 Å². The molecule has 5 aromatic rings. The number of hydrazine groups is 1. The van der Waals surface area contributed by atoms with Gasteiger partial charge in [-0.15, -0.1) is 0 Å². The molecular weight excluding hydrogens is 869 g/mol. The number of benzene rings is 4. The predicted molar refractivity (Wildman–Crippen MR) is 258 cm³/mol. The number of methoxy groups -OCH3 is 3. The molecule has 0 saturated heterocycles. The Kier molecular flexibility index (Phi) is 20.0. The molecule has 4 amide bonds. The highest BCUT2D eigenvalue weighted by molar-refractivity contribution is 5.86. The zero-order valence-electron chi connectivity index (χ0n) is 39.7. The largest absolute Gasteiger partial charge is 0.493 e. The Bertz CT molecular complexity index is 2360. The summed E-state index contributed by atoms with van der Waals surface area (Å²) < 4.78 is 26.8. The predicted octanol–water partition coefficient (Wildman–Crippen LogP) is 6.44. The van der Waals surface area contributed by atoms with E-state index in [0.717, 1.165) is 52.8 Å². The second-order valence-corrected chi connectivity index (χ2v) is 17.2. The van der Waals surface area contributed by atoms with Gasteiger partial charge in [0.25, 0.3) is 5.91 Å². The van der Waals surface area contributed by atoms with Crippen molar-refractivity contribution in [2.45, 2.75) is 71.2 Å². The van der Waals surface area contributed by atoms with Crippen molar-refractivity contribution in [2.24, 2.45) is 5.41 Å². The third-order valence-corrected chi connectivity index (χ3v) is 10.9. The number of nitrogens with one attached hydrogen (secondary N) is 4. The molecule has 1 aromatic heterocycles. The number of ether oxygens (including phenoxy) is 5. The van der Waals surface area contributed by atoms with Crippen molar-refractivity contribution in [1.29, 1.82) is 0 Å². The molecule has 0 aliphatic carbocycles. The summed E-state index contributed by atoms with van der Waals surface area (Å²) in [5.74, 6) is 0.922. The number of aryl methyl sites for hydroxylation is 2. The van der Waals surface area contributed by atoms with Crippen LogP contribution in [0.5, 0.6) is 17.2 Å². The lowest BCUT2D eigenvalue weighted by Gasteiger charge is -2.34. The number of pyridine rings is 1. The number of carbonyl (C=O) groups excluding carboxylic acids is 4. The maximum atomic E-state index is 14.2. The first-order valence-corrected chi connectivity index (χ1v) is 22.5. The fraction of sp³-hybridized carbons (Fsp3) is 0.365. The molecule has 0 saturated carbocycles. The van der Waals surface area contributed by atoms with Crippen LogP contribution in [0, 0.1) is 5.41 Å². The first-order valence-electron chi connectivity index (χ1n) is 22.5. The van der Waals surface area contributed by atoms with E-state index in [9.17, 15) is 24.3 Å². The lowest BCUT2D eigenvalue weighted by molar-refractivity contribution is -0.129. The number of aliphatic hydroxyl groups is 1. The van der Waals surface area contributed by atoms with Crippen LogP contribution in [0.15, 0.2) is 121 Å². The van der Waals surface area contributed by atoms with Gasteiger partial charge < -0.3 is 44.7 Å². The van der Waals surface area contributed by atoms with Crippen molar-refractivity contribution < 1.29 is 48.0 Å². The molecule has 5 N–H and O–H groups in total. The van der Waals surface area contributed by atoms with Crippen molar-refractivity contribution in [1.82, 2.24) is 31.4 Å². The number of amides is 4. The fourth-order valence-corrected chi connectivity index (χ4v) is 7.35. The first kappa shape index (κ1) is 51.8. The smallest absolute Gasteiger partial charge is 0.407 e. The summed E-state index contributed by atoms with van der Waals surface area (Å²) in [4.78, 5) is 56.6. The number of hydrogen-bond acceptors (Lipinski definition) is 12. The van der Waals surface area contributed by atoms with Gasteiger partial charge in [-0.3, -0.25) is 20.0 Å². The number of rotatable bonds is 24. The number of alkyl carbamates (subject to hydrolysis) is 2. The number of hydrogen-bond donors (Lipinski definition) is 5. The van der Waals surface area contributed by atoms with Gasteiger partial charge in [-0.1, -0.05) is 99.6 Å². The molecular formula is C52H64N6O10. The third-order valence-electron chi connectivity index (χ3n) is 10.9. The van der Waals surface area contributed by atoms with Crippen molar-refractivity contribution in [3.8, 4) is 28.5 Å². The summed E-state index contributed by atoms with van der Waals surface area (Å²) in [5, 5.41) is 21.5. The average Bonchev–Trinajstić information content (AvgIpc) is 3.34. The number of carbonyl (C=O) groups is 4. The van der Waals surface area contributed by atoms with E-state index >= 15 is 0 Å². The molecule has 5 rings (SSSR count). The SMILES string of the molecule is COC(=O)NCC(=O)NN(Cc1ccc(-c2ccccn2)cc1)CC(O)C(Cc1ccccc1)NC(=O)C(NC(=O)OCCOc1cccc(CCCc2ccc(OC)c(OC)c2)c1)C(C)(C)C. The van der Waals surface area contributed by atoms with Crippen LogP contribution in [0.2, 0.25) is 0 Å². The van der Waals surface area contributed by atoms with Gasteiger partial charge in [0.05, 0.1) is 39.2 Å². The Morgan fingerprint density at radius 2 is 1.41 bits per heavy atom. The van der Waals surface area contributed by atoms with Crippen molar-refractivity contribution in [3.05, 3.63) is 144 Å². The highest BCUT2D eigenvalue weighted by atomic mass is 16.6. The van der Waals surface area contributed by atoms with Crippen LogP contribution < -0.4 is 35.6 Å². The summed E-state index contributed by atoms with van der Waals surface area (Å²) in [7, 11) is 4.43. The van der Waals surface area contributed by atoms with Crippen LogP contribution in [-0.2, 0) is 44.9 Å². The molecule has 3 unspecified atom stereocenters. The first-order chi connectivity index (χ1) is 32.7. The normalized spacial score (nSPS) is 12.5. The van der Waals surface area contributed by atoms with Gasteiger partial charge in [0, 0.05) is 24.8 Å². The van der Waals surface area contributed by atoms with Gasteiger partial charge in [-0.05, 0) is 89.8 Å². The van der Waals surface area contributed by atoms with Crippen LogP contribution in [-0.4, -0.2) is 105 Å². The molecule has 16 nitrogen and oxygen atoms in total. The second kappa shape index (κ2) is 26.2. The number of nitrogens with zero attached hydrogens (tertiary/aromatic N) is 2. The number of aromatic nitrogens is 1. The minimum atomic E-state index is -1.25. The lowest BCUT2D eigenvalue weighted by Crippen LogP contribution is -2.59. The maximum Gasteiger partial charge on any atom is 0.407 e. The Morgan fingerprint density at radius 3 is 2.09 bits per heavy atom. The van der Waals surface area contributed by atoms with E-state index in [2.05, 4.69) is 31.1 Å². The van der Waals surface area contributed by atoms with Gasteiger partial charge in [0.2, 0.25) is 5.91 Å². The van der Waals surface area contributed by atoms with Crippen LogP contribution >= 0.6 is 0 Å². The lowest BCUT2D eigenvalue weighted by atomic mass is 9.85. The monoisotopic (exact) mass is 932 g/mol. The summed E-state index contributed by atoms with van der Waals surface area (Å²) in [6, 6.07) is 34.3. The molecule has 0 spiro atoms. The van der Waals surface area contributed by atoms with E-state index in [1.807, 2.05) is 136 Å². The molecule has 0 aliphatic rings. The minimum absolute atomic E-state index is 0.0776. The molecule has 4 aromatic carbocycles. The molecule has 0 aliphatic heterocycles. The van der Waals surface area contributed by atoms with Gasteiger partial charge in [0.1, 0.15) is 31.5 Å². The summed E-state index contributed by atoms with van der Waals surface area (Å²) in [6.45, 7) is 5.06. The topological polar surface area (TPSA) is 199 Å². The summed E-state index contributed by atoms with van der Waals surface area (Å²) in [6.07, 6.45) is 1.69. The molecule has 1 heterocycles. The van der Waals surface area contributed by atoms with E-state index in [1.54, 1.807) is 20.4 Å². The minimum Gasteiger partial charge on any atom is -0.493 e. The third kappa shape index (κ3) is 16.9. The molecule has 362 valence electrons. The van der Waals surface area contributed by atoms with Crippen LogP contribution in [0.25, 0.3) is 11.3 Å². The molecule has 0 radical (unpaired) electrons. The van der Waals surface area contributed by atoms with E-state index in [0.29, 0.717) is 17.2 Å². The van der Waals surface area contributed by atoms with Crippen molar-refractivity contribution >= 4 is 24.0 Å². The van der Waals surface area contributed by atoms with E-state index in [4.69, 9.17) is 18.9 Å². The quantitative estimate of drug-likeness (QED) is 0.0336. The highest BCUT2D eigenvalue weighted by Gasteiger charge is 2.36. The van der Waals surface area contributed by atoms with E-state index in [1.165, 1.54) is 12.1 Å². The Balaban J connectivity index is 1.20. The molecule has 0 bridgehead atoms. The number of aliphatic hydroxyl groups excluding tert-OH is 1. The Labute approximate surface area is 398 Å². The van der Waals surface area contributed by atoms with Crippen molar-refractivity contribution in [2.75, 3.05) is 47.6 Å². The maximum absolute atomic E-state index is 14.2. The highest BCUT2D eigenvalue weighted by Crippen LogP contribution is 2.28. The average molecular weight is 933 g/mol. The van der Waals surface area contributed by atoms with Crippen LogP contribution in [0.3, 0.4) is 0 Å². The van der Waals surface area contributed by atoms with E-state index < -0.39 is 47.6 Å².